The Morgan fingerprint density at radius 3 is 3.05 bits per heavy atom. The lowest BCUT2D eigenvalue weighted by molar-refractivity contribution is 0.556. The molecule has 1 N–H and O–H groups in total. The molecular formula is C13H14ClN5. The highest BCUT2D eigenvalue weighted by atomic mass is 35.5. The minimum atomic E-state index is 0.480. The highest BCUT2D eigenvalue weighted by molar-refractivity contribution is 6.30. The van der Waals surface area contributed by atoms with Crippen molar-refractivity contribution in [1.82, 2.24) is 20.3 Å². The first-order chi connectivity index (χ1) is 9.31. The maximum atomic E-state index is 6.10. The monoisotopic (exact) mass is 275 g/mol. The molecule has 0 saturated carbocycles. The number of anilines is 1. The van der Waals surface area contributed by atoms with Crippen molar-refractivity contribution >= 4 is 28.5 Å². The van der Waals surface area contributed by atoms with E-state index in [2.05, 4.69) is 25.2 Å². The third-order valence-electron chi connectivity index (χ3n) is 4.07. The number of hydrogen-bond acceptors (Lipinski definition) is 5. The van der Waals surface area contributed by atoms with Crippen molar-refractivity contribution in [3.63, 3.8) is 0 Å². The van der Waals surface area contributed by atoms with Gasteiger partial charge in [-0.05, 0) is 18.9 Å². The van der Waals surface area contributed by atoms with Crippen LogP contribution in [0.3, 0.4) is 0 Å². The topological polar surface area (TPSA) is 53.9 Å². The van der Waals surface area contributed by atoms with E-state index in [1.165, 1.54) is 6.42 Å². The van der Waals surface area contributed by atoms with Gasteiger partial charge in [0.1, 0.15) is 10.7 Å². The molecule has 98 valence electrons. The van der Waals surface area contributed by atoms with Crippen molar-refractivity contribution < 1.29 is 0 Å². The highest BCUT2D eigenvalue weighted by Gasteiger charge is 2.37. The van der Waals surface area contributed by atoms with Gasteiger partial charge in [-0.2, -0.15) is 0 Å². The molecule has 4 heterocycles. The molecule has 2 aromatic heterocycles. The third kappa shape index (κ3) is 1.84. The summed E-state index contributed by atoms with van der Waals surface area (Å²) in [5, 5.41) is 4.02. The average molecular weight is 276 g/mol. The molecule has 6 heteroatoms. The van der Waals surface area contributed by atoms with E-state index in [-0.39, 0.29) is 0 Å². The van der Waals surface area contributed by atoms with E-state index in [4.69, 9.17) is 11.6 Å². The van der Waals surface area contributed by atoms with E-state index in [0.29, 0.717) is 17.1 Å². The van der Waals surface area contributed by atoms with Gasteiger partial charge < -0.3 is 10.2 Å². The van der Waals surface area contributed by atoms with E-state index in [0.717, 1.165) is 36.5 Å². The van der Waals surface area contributed by atoms with Crippen LogP contribution in [0.5, 0.6) is 0 Å². The first kappa shape index (κ1) is 11.4. The third-order valence-corrected chi connectivity index (χ3v) is 4.26. The smallest absolute Gasteiger partial charge is 0.158 e. The molecule has 2 saturated heterocycles. The van der Waals surface area contributed by atoms with E-state index in [1.54, 1.807) is 18.5 Å². The number of halogens is 1. The standard InChI is InChI=1S/C13H14ClN5/c14-11-5-9-12(17-4-3-16-9)13(18-11)19-6-8-1-2-15-10(8)7-19/h3-5,8,10,15H,1-2,6-7H2/t8-,10-/m0/s1. The highest BCUT2D eigenvalue weighted by Crippen LogP contribution is 2.31. The molecule has 0 aliphatic carbocycles. The van der Waals surface area contributed by atoms with Gasteiger partial charge in [-0.25, -0.2) is 9.97 Å². The van der Waals surface area contributed by atoms with Gasteiger partial charge in [-0.3, -0.25) is 4.98 Å². The first-order valence-corrected chi connectivity index (χ1v) is 6.94. The lowest BCUT2D eigenvalue weighted by atomic mass is 10.1. The maximum absolute atomic E-state index is 6.10. The molecule has 0 aromatic carbocycles. The van der Waals surface area contributed by atoms with Crippen LogP contribution in [0.2, 0.25) is 5.15 Å². The zero-order valence-corrected chi connectivity index (χ0v) is 11.1. The molecule has 2 aliphatic heterocycles. The van der Waals surface area contributed by atoms with Crippen molar-refractivity contribution in [3.05, 3.63) is 23.6 Å². The Balaban J connectivity index is 1.78. The van der Waals surface area contributed by atoms with Gasteiger partial charge in [0.05, 0.1) is 5.52 Å². The molecule has 5 nitrogen and oxygen atoms in total. The summed E-state index contributed by atoms with van der Waals surface area (Å²) in [5.74, 6) is 1.58. The predicted molar refractivity (Wildman–Crippen MR) is 74.5 cm³/mol. The molecule has 0 amide bonds. The zero-order valence-electron chi connectivity index (χ0n) is 10.4. The summed E-state index contributed by atoms with van der Waals surface area (Å²) in [6, 6.07) is 2.34. The van der Waals surface area contributed by atoms with E-state index in [1.807, 2.05) is 0 Å². The van der Waals surface area contributed by atoms with Gasteiger partial charge in [-0.15, -0.1) is 0 Å². The predicted octanol–water partition coefficient (Wildman–Crippen LogP) is 1.48. The first-order valence-electron chi connectivity index (χ1n) is 6.57. The largest absolute Gasteiger partial charge is 0.353 e. The molecule has 0 bridgehead atoms. The Morgan fingerprint density at radius 2 is 2.16 bits per heavy atom. The molecule has 2 atom stereocenters. The van der Waals surface area contributed by atoms with Crippen molar-refractivity contribution in [2.75, 3.05) is 24.5 Å². The quantitative estimate of drug-likeness (QED) is 0.799. The molecule has 4 rings (SSSR count). The second kappa shape index (κ2) is 4.28. The number of aromatic nitrogens is 3. The van der Waals surface area contributed by atoms with Crippen LogP contribution >= 0.6 is 11.6 Å². The van der Waals surface area contributed by atoms with Crippen LogP contribution in [0.1, 0.15) is 6.42 Å². The Bertz CT molecular complexity index is 619. The Hall–Kier alpha value is -1.46. The Labute approximate surface area is 116 Å². The summed E-state index contributed by atoms with van der Waals surface area (Å²) in [6.45, 7) is 3.13. The summed E-state index contributed by atoms with van der Waals surface area (Å²) in [7, 11) is 0. The van der Waals surface area contributed by atoms with Crippen molar-refractivity contribution in [1.29, 1.82) is 0 Å². The Morgan fingerprint density at radius 1 is 1.26 bits per heavy atom. The van der Waals surface area contributed by atoms with Crippen LogP contribution in [0.25, 0.3) is 11.0 Å². The van der Waals surface area contributed by atoms with Gasteiger partial charge in [0.25, 0.3) is 0 Å². The van der Waals surface area contributed by atoms with Crippen LogP contribution in [0, 0.1) is 5.92 Å². The lowest BCUT2D eigenvalue weighted by Crippen LogP contribution is -2.30. The molecule has 2 aliphatic rings. The number of pyridine rings is 1. The number of hydrogen-bond donors (Lipinski definition) is 1. The molecule has 2 fully saturated rings. The van der Waals surface area contributed by atoms with Gasteiger partial charge in [0, 0.05) is 37.6 Å². The maximum Gasteiger partial charge on any atom is 0.158 e. The lowest BCUT2D eigenvalue weighted by Gasteiger charge is -2.19. The van der Waals surface area contributed by atoms with Gasteiger partial charge >= 0.3 is 0 Å². The minimum Gasteiger partial charge on any atom is -0.353 e. The Kier molecular flexibility index (Phi) is 2.56. The summed E-state index contributed by atoms with van der Waals surface area (Å²) in [4.78, 5) is 15.5. The minimum absolute atomic E-state index is 0.480. The van der Waals surface area contributed by atoms with Crippen molar-refractivity contribution in [2.24, 2.45) is 5.92 Å². The van der Waals surface area contributed by atoms with Crippen molar-refractivity contribution in [2.45, 2.75) is 12.5 Å². The molecule has 0 unspecified atom stereocenters. The molecule has 0 radical (unpaired) electrons. The van der Waals surface area contributed by atoms with E-state index >= 15 is 0 Å². The normalized spacial score (nSPS) is 26.1. The van der Waals surface area contributed by atoms with Gasteiger partial charge in [-0.1, -0.05) is 11.6 Å². The van der Waals surface area contributed by atoms with Gasteiger partial charge in [0.15, 0.2) is 5.82 Å². The number of fused-ring (bicyclic) bond motifs is 2. The van der Waals surface area contributed by atoms with E-state index in [9.17, 15) is 0 Å². The fourth-order valence-corrected chi connectivity index (χ4v) is 3.35. The molecule has 2 aromatic rings. The van der Waals surface area contributed by atoms with Crippen LogP contribution in [-0.2, 0) is 0 Å². The summed E-state index contributed by atoms with van der Waals surface area (Å²) in [5.41, 5.74) is 1.65. The van der Waals surface area contributed by atoms with Crippen LogP contribution in [-0.4, -0.2) is 40.6 Å². The SMILES string of the molecule is Clc1cc2nccnc2c(N2C[C@@H]3CCN[C@H]3C2)n1. The second-order valence-electron chi connectivity index (χ2n) is 5.21. The summed E-state index contributed by atoms with van der Waals surface area (Å²) < 4.78 is 0. The number of nitrogens with zero attached hydrogens (tertiary/aromatic N) is 4. The fourth-order valence-electron chi connectivity index (χ4n) is 3.17. The number of nitrogens with one attached hydrogen (secondary N) is 1. The molecule has 0 spiro atoms. The van der Waals surface area contributed by atoms with Crippen LogP contribution < -0.4 is 10.2 Å². The van der Waals surface area contributed by atoms with Crippen LogP contribution in [0.15, 0.2) is 18.5 Å². The van der Waals surface area contributed by atoms with Crippen molar-refractivity contribution in [3.8, 4) is 0 Å². The molecule has 19 heavy (non-hydrogen) atoms. The van der Waals surface area contributed by atoms with E-state index < -0.39 is 0 Å². The fraction of sp³-hybridized carbons (Fsp3) is 0.462. The molecular weight excluding hydrogens is 262 g/mol. The van der Waals surface area contributed by atoms with Gasteiger partial charge in [0.2, 0.25) is 0 Å². The second-order valence-corrected chi connectivity index (χ2v) is 5.59. The zero-order chi connectivity index (χ0) is 12.8. The summed E-state index contributed by atoms with van der Waals surface area (Å²) >= 11 is 6.10. The number of rotatable bonds is 1. The average Bonchev–Trinajstić information content (AvgIpc) is 2.98. The summed E-state index contributed by atoms with van der Waals surface area (Å²) in [6.07, 6.45) is 4.63. The van der Waals surface area contributed by atoms with Crippen LogP contribution in [0.4, 0.5) is 5.82 Å².